The van der Waals surface area contributed by atoms with Gasteiger partial charge in [-0.3, -0.25) is 9.48 Å². The number of aliphatic hydroxyl groups excluding tert-OH is 1. The fourth-order valence-corrected chi connectivity index (χ4v) is 5.22. The molecular weight excluding hydrogens is 448 g/mol. The number of amides is 1. The maximum absolute atomic E-state index is 13.7. The molecule has 2 saturated heterocycles. The molecule has 0 aromatic carbocycles. The number of hydrogen-bond donors (Lipinski definition) is 2. The number of nitrogens with one attached hydrogen (secondary N) is 1. The first-order valence-corrected chi connectivity index (χ1v) is 11.6. The number of carbonyl (C=O) groups excluding carboxylic acids is 1. The van der Waals surface area contributed by atoms with Gasteiger partial charge in [-0.05, 0) is 38.2 Å². The zero-order chi connectivity index (χ0) is 23.4. The van der Waals surface area contributed by atoms with E-state index in [9.17, 15) is 18.7 Å². The molecule has 0 spiro atoms. The van der Waals surface area contributed by atoms with Crippen molar-refractivity contribution >= 4 is 23.1 Å². The van der Waals surface area contributed by atoms with Gasteiger partial charge < -0.3 is 20.1 Å². The third-order valence-corrected chi connectivity index (χ3v) is 7.05. The Morgan fingerprint density at radius 3 is 2.76 bits per heavy atom. The van der Waals surface area contributed by atoms with Crippen LogP contribution in [0, 0.1) is 0 Å². The molecule has 3 aromatic heterocycles. The Labute approximate surface area is 193 Å². The number of aliphatic hydroxyl groups is 1. The maximum Gasteiger partial charge on any atom is 0.284 e. The summed E-state index contributed by atoms with van der Waals surface area (Å²) in [5.74, 6) is 0.157. The van der Waals surface area contributed by atoms with E-state index in [1.54, 1.807) is 6.20 Å². The summed E-state index contributed by atoms with van der Waals surface area (Å²) in [6.45, 7) is 1.41. The SMILES string of the molecule is O=C(Nc1cn(C2CCC(O)CC2)nc1C(F)F)c1cnn2ccc(N3C[C@H]4C[C@@H]3CO4)nc12. The molecule has 2 atom stereocenters. The zero-order valence-electron chi connectivity index (χ0n) is 18.3. The van der Waals surface area contributed by atoms with Gasteiger partial charge in [0.2, 0.25) is 0 Å². The Balaban J connectivity index is 1.26. The van der Waals surface area contributed by atoms with Gasteiger partial charge in [-0.25, -0.2) is 18.3 Å². The number of hydrogen-bond acceptors (Lipinski definition) is 7. The van der Waals surface area contributed by atoms with Crippen molar-refractivity contribution in [2.24, 2.45) is 0 Å². The molecule has 0 radical (unpaired) electrons. The number of nitrogens with zero attached hydrogens (tertiary/aromatic N) is 6. The molecule has 3 aliphatic rings. The van der Waals surface area contributed by atoms with E-state index in [2.05, 4.69) is 25.4 Å². The number of anilines is 2. The molecule has 12 heteroatoms. The van der Waals surface area contributed by atoms with Crippen molar-refractivity contribution in [3.8, 4) is 0 Å². The monoisotopic (exact) mass is 473 g/mol. The molecule has 180 valence electrons. The van der Waals surface area contributed by atoms with Crippen LogP contribution in [0.3, 0.4) is 0 Å². The fraction of sp³-hybridized carbons (Fsp3) is 0.545. The fourth-order valence-electron chi connectivity index (χ4n) is 5.22. The van der Waals surface area contributed by atoms with E-state index in [1.807, 2.05) is 6.07 Å². The minimum absolute atomic E-state index is 0.0318. The minimum atomic E-state index is -2.84. The number of rotatable bonds is 5. The molecule has 5 heterocycles. The van der Waals surface area contributed by atoms with E-state index in [-0.39, 0.29) is 35.5 Å². The Morgan fingerprint density at radius 1 is 1.24 bits per heavy atom. The third-order valence-electron chi connectivity index (χ3n) is 7.05. The van der Waals surface area contributed by atoms with E-state index in [0.29, 0.717) is 37.9 Å². The largest absolute Gasteiger partial charge is 0.393 e. The van der Waals surface area contributed by atoms with Gasteiger partial charge in [0.15, 0.2) is 11.3 Å². The van der Waals surface area contributed by atoms with Gasteiger partial charge >= 0.3 is 0 Å². The predicted molar refractivity (Wildman–Crippen MR) is 117 cm³/mol. The molecule has 2 N–H and O–H groups in total. The van der Waals surface area contributed by atoms with E-state index in [1.165, 1.54) is 21.6 Å². The second-order valence-corrected chi connectivity index (χ2v) is 9.23. The van der Waals surface area contributed by atoms with Gasteiger partial charge in [0.25, 0.3) is 12.3 Å². The molecule has 2 aliphatic heterocycles. The highest BCUT2D eigenvalue weighted by atomic mass is 19.3. The highest BCUT2D eigenvalue weighted by Gasteiger charge is 2.39. The lowest BCUT2D eigenvalue weighted by Crippen LogP contribution is -2.37. The molecule has 1 aliphatic carbocycles. The number of aromatic nitrogens is 5. The van der Waals surface area contributed by atoms with E-state index in [0.717, 1.165) is 18.8 Å². The molecule has 3 aromatic rings. The Kier molecular flexibility index (Phi) is 5.21. The number of fused-ring (bicyclic) bond motifs is 3. The average molecular weight is 473 g/mol. The summed E-state index contributed by atoms with van der Waals surface area (Å²) in [5.41, 5.74) is 0.0375. The number of alkyl halides is 2. The average Bonchev–Trinajstić information content (AvgIpc) is 3.61. The van der Waals surface area contributed by atoms with Crippen LogP contribution in [0.25, 0.3) is 5.65 Å². The summed E-state index contributed by atoms with van der Waals surface area (Å²) >= 11 is 0. The van der Waals surface area contributed by atoms with Crippen molar-refractivity contribution < 1.29 is 23.4 Å². The van der Waals surface area contributed by atoms with Gasteiger partial charge in [-0.15, -0.1) is 0 Å². The van der Waals surface area contributed by atoms with Gasteiger partial charge in [0.1, 0.15) is 11.4 Å². The lowest BCUT2D eigenvalue weighted by molar-refractivity contribution is 0.0988. The molecule has 10 nitrogen and oxygen atoms in total. The van der Waals surface area contributed by atoms with E-state index >= 15 is 0 Å². The second kappa shape index (κ2) is 8.27. The lowest BCUT2D eigenvalue weighted by atomic mass is 9.93. The summed E-state index contributed by atoms with van der Waals surface area (Å²) < 4.78 is 36.0. The number of morpholine rings is 1. The van der Waals surface area contributed by atoms with Crippen molar-refractivity contribution in [3.63, 3.8) is 0 Å². The van der Waals surface area contributed by atoms with Gasteiger partial charge in [0.05, 0.1) is 42.8 Å². The zero-order valence-corrected chi connectivity index (χ0v) is 18.3. The van der Waals surface area contributed by atoms with Crippen molar-refractivity contribution in [1.82, 2.24) is 24.4 Å². The van der Waals surface area contributed by atoms with Crippen molar-refractivity contribution in [1.29, 1.82) is 0 Å². The minimum Gasteiger partial charge on any atom is -0.393 e. The molecule has 1 amide bonds. The lowest BCUT2D eigenvalue weighted by Gasteiger charge is -2.27. The Hall–Kier alpha value is -3.12. The second-order valence-electron chi connectivity index (χ2n) is 9.23. The van der Waals surface area contributed by atoms with Gasteiger partial charge in [-0.1, -0.05) is 0 Å². The van der Waals surface area contributed by atoms with Crippen LogP contribution in [0.15, 0.2) is 24.7 Å². The van der Waals surface area contributed by atoms with Crippen LogP contribution in [-0.2, 0) is 4.74 Å². The summed E-state index contributed by atoms with van der Waals surface area (Å²) in [6, 6.07) is 2.02. The predicted octanol–water partition coefficient (Wildman–Crippen LogP) is 2.57. The van der Waals surface area contributed by atoms with Crippen LogP contribution < -0.4 is 10.2 Å². The molecule has 6 rings (SSSR count). The van der Waals surface area contributed by atoms with Crippen LogP contribution in [0.5, 0.6) is 0 Å². The highest BCUT2D eigenvalue weighted by molar-refractivity contribution is 6.08. The normalized spacial score (nSPS) is 26.6. The van der Waals surface area contributed by atoms with Crippen LogP contribution in [0.2, 0.25) is 0 Å². The third kappa shape index (κ3) is 3.70. The van der Waals surface area contributed by atoms with Crippen LogP contribution in [-0.4, -0.2) is 66.8 Å². The summed E-state index contributed by atoms with van der Waals surface area (Å²) in [7, 11) is 0. The first-order valence-electron chi connectivity index (χ1n) is 11.6. The first-order chi connectivity index (χ1) is 16.5. The van der Waals surface area contributed by atoms with Crippen molar-refractivity contribution in [2.75, 3.05) is 23.4 Å². The van der Waals surface area contributed by atoms with Crippen LogP contribution in [0.4, 0.5) is 20.3 Å². The van der Waals surface area contributed by atoms with Crippen LogP contribution in [0.1, 0.15) is 60.6 Å². The maximum atomic E-state index is 13.7. The summed E-state index contributed by atoms with van der Waals surface area (Å²) in [4.78, 5) is 19.9. The molecule has 3 fully saturated rings. The standard InChI is InChI=1S/C22H25F2N7O3/c23-20(24)19-17(10-31(28-19)12-1-3-14(32)4-2-12)26-22(33)16-8-25-30-6-5-18(27-21(16)30)29-9-15-7-13(29)11-34-15/h5-6,8,10,12-15,20,32H,1-4,7,9,11H2,(H,26,33)/t12?,13-,14?,15-/m1/s1. The topological polar surface area (TPSA) is 110 Å². The Morgan fingerprint density at radius 2 is 2.06 bits per heavy atom. The molecule has 2 bridgehead atoms. The molecular formula is C22H25F2N7O3. The molecule has 34 heavy (non-hydrogen) atoms. The number of halogens is 2. The highest BCUT2D eigenvalue weighted by Crippen LogP contribution is 2.34. The first kappa shape index (κ1) is 21.4. The summed E-state index contributed by atoms with van der Waals surface area (Å²) in [6.07, 6.45) is 5.00. The van der Waals surface area contributed by atoms with Crippen molar-refractivity contribution in [2.45, 2.75) is 62.8 Å². The smallest absolute Gasteiger partial charge is 0.284 e. The van der Waals surface area contributed by atoms with E-state index in [4.69, 9.17) is 4.74 Å². The number of carbonyl (C=O) groups is 1. The molecule has 0 unspecified atom stereocenters. The van der Waals surface area contributed by atoms with Gasteiger partial charge in [-0.2, -0.15) is 10.2 Å². The molecule has 1 saturated carbocycles. The van der Waals surface area contributed by atoms with Gasteiger partial charge in [0, 0.05) is 18.9 Å². The van der Waals surface area contributed by atoms with Crippen molar-refractivity contribution in [3.05, 3.63) is 35.9 Å². The van der Waals surface area contributed by atoms with E-state index < -0.39 is 18.0 Å². The van der Waals surface area contributed by atoms with Crippen LogP contribution >= 0.6 is 0 Å². The summed E-state index contributed by atoms with van der Waals surface area (Å²) in [5, 5.41) is 20.6. The quantitative estimate of drug-likeness (QED) is 0.586. The Bertz CT molecular complexity index is 1220. The number of ether oxygens (including phenoxy) is 1.